The van der Waals surface area contributed by atoms with E-state index in [1.54, 1.807) is 24.3 Å². The number of anilines is 4. The Morgan fingerprint density at radius 1 is 1.08 bits per heavy atom. The van der Waals surface area contributed by atoms with E-state index in [9.17, 15) is 8.42 Å². The number of likely N-dealkylation sites (tertiary alicyclic amines) is 1. The Bertz CT molecular complexity index is 1350. The number of hydrogen-bond acceptors (Lipinski definition) is 9. The highest BCUT2D eigenvalue weighted by molar-refractivity contribution is 7.91. The van der Waals surface area contributed by atoms with Gasteiger partial charge in [0.1, 0.15) is 22.6 Å². The van der Waals surface area contributed by atoms with Crippen LogP contribution in [0.25, 0.3) is 0 Å². The normalized spacial score (nSPS) is 14.7. The second-order valence-corrected chi connectivity index (χ2v) is 11.7. The summed E-state index contributed by atoms with van der Waals surface area (Å²) in [5.74, 6) is 1.97. The molecule has 38 heavy (non-hydrogen) atoms. The Balaban J connectivity index is 1.54. The topological polar surface area (TPSA) is 106 Å². The molecule has 1 aliphatic heterocycles. The highest BCUT2D eigenvalue weighted by Crippen LogP contribution is 2.34. The number of halogens is 1. The van der Waals surface area contributed by atoms with Crippen molar-refractivity contribution < 1.29 is 17.9 Å². The number of ether oxygens (including phenoxy) is 2. The van der Waals surface area contributed by atoms with Gasteiger partial charge in [-0.3, -0.25) is 0 Å². The predicted molar refractivity (Wildman–Crippen MR) is 151 cm³/mol. The zero-order chi connectivity index (χ0) is 27.1. The summed E-state index contributed by atoms with van der Waals surface area (Å²) in [7, 11) is -1.34. The maximum atomic E-state index is 12.8. The third-order valence-corrected chi connectivity index (χ3v) is 8.41. The molecule has 2 aromatic carbocycles. The molecule has 0 spiro atoms. The maximum absolute atomic E-state index is 12.8. The lowest BCUT2D eigenvalue weighted by Crippen LogP contribution is -2.35. The Labute approximate surface area is 229 Å². The highest BCUT2D eigenvalue weighted by atomic mass is 35.5. The van der Waals surface area contributed by atoms with E-state index in [1.807, 2.05) is 32.0 Å². The number of piperidine rings is 1. The molecule has 0 amide bonds. The fourth-order valence-electron chi connectivity index (χ4n) is 4.23. The van der Waals surface area contributed by atoms with E-state index in [0.717, 1.165) is 31.7 Å². The predicted octanol–water partition coefficient (Wildman–Crippen LogP) is 5.67. The summed E-state index contributed by atoms with van der Waals surface area (Å²) >= 11 is 6.37. The van der Waals surface area contributed by atoms with Gasteiger partial charge in [-0.2, -0.15) is 4.98 Å². The van der Waals surface area contributed by atoms with Crippen molar-refractivity contribution in [3.05, 3.63) is 53.7 Å². The average molecular weight is 560 g/mol. The van der Waals surface area contributed by atoms with Crippen LogP contribution in [0.15, 0.2) is 53.6 Å². The molecular weight excluding hydrogens is 526 g/mol. The molecule has 3 aromatic rings. The lowest BCUT2D eigenvalue weighted by atomic mass is 10.1. The van der Waals surface area contributed by atoms with E-state index >= 15 is 0 Å². The van der Waals surface area contributed by atoms with Crippen molar-refractivity contribution in [2.24, 2.45) is 0 Å². The smallest absolute Gasteiger partial charge is 0.229 e. The van der Waals surface area contributed by atoms with Crippen LogP contribution in [0, 0.1) is 0 Å². The minimum Gasteiger partial charge on any atom is -0.492 e. The second-order valence-electron chi connectivity index (χ2n) is 9.17. The summed E-state index contributed by atoms with van der Waals surface area (Å²) in [5.41, 5.74) is 1.07. The van der Waals surface area contributed by atoms with Crippen molar-refractivity contribution in [3.63, 3.8) is 0 Å². The molecule has 0 radical (unpaired) electrons. The summed E-state index contributed by atoms with van der Waals surface area (Å²) < 4.78 is 37.6. The molecule has 0 aliphatic carbocycles. The van der Waals surface area contributed by atoms with E-state index in [4.69, 9.17) is 21.1 Å². The van der Waals surface area contributed by atoms with Crippen molar-refractivity contribution in [1.82, 2.24) is 14.9 Å². The van der Waals surface area contributed by atoms with Gasteiger partial charge < -0.3 is 25.0 Å². The SMILES string of the molecule is CCCS(=O)(=O)c1ccccc1Nc1nc(Nc2ccc(OC3CCN(C)CC3)cc2OCC)ncc1Cl. The van der Waals surface area contributed by atoms with E-state index < -0.39 is 9.84 Å². The Morgan fingerprint density at radius 3 is 2.58 bits per heavy atom. The number of rotatable bonds is 11. The highest BCUT2D eigenvalue weighted by Gasteiger charge is 2.20. The second kappa shape index (κ2) is 12.6. The quantitative estimate of drug-likeness (QED) is 0.307. The van der Waals surface area contributed by atoms with Gasteiger partial charge in [0.05, 0.1) is 34.8 Å². The molecule has 0 saturated carbocycles. The Hall–Kier alpha value is -3.08. The molecule has 0 unspecified atom stereocenters. The third-order valence-electron chi connectivity index (χ3n) is 6.16. The molecular formula is C27H34ClN5O4S. The van der Waals surface area contributed by atoms with Crippen molar-refractivity contribution in [2.75, 3.05) is 43.1 Å². The van der Waals surface area contributed by atoms with Crippen LogP contribution in [0.3, 0.4) is 0 Å². The van der Waals surface area contributed by atoms with Crippen LogP contribution in [-0.4, -0.2) is 61.9 Å². The van der Waals surface area contributed by atoms with Crippen LogP contribution in [0.1, 0.15) is 33.1 Å². The van der Waals surface area contributed by atoms with Crippen molar-refractivity contribution >= 4 is 44.6 Å². The molecule has 0 bridgehead atoms. The number of benzene rings is 2. The summed E-state index contributed by atoms with van der Waals surface area (Å²) in [6, 6.07) is 12.3. The largest absolute Gasteiger partial charge is 0.492 e. The maximum Gasteiger partial charge on any atom is 0.229 e. The summed E-state index contributed by atoms with van der Waals surface area (Å²) in [6.07, 6.45) is 4.12. The van der Waals surface area contributed by atoms with Gasteiger partial charge in [-0.05, 0) is 57.5 Å². The molecule has 2 heterocycles. The van der Waals surface area contributed by atoms with Crippen LogP contribution < -0.4 is 20.1 Å². The van der Waals surface area contributed by atoms with Gasteiger partial charge in [-0.1, -0.05) is 30.7 Å². The van der Waals surface area contributed by atoms with Crippen LogP contribution >= 0.6 is 11.6 Å². The summed E-state index contributed by atoms with van der Waals surface area (Å²) in [6.45, 7) is 6.25. The third kappa shape index (κ3) is 7.06. The van der Waals surface area contributed by atoms with Gasteiger partial charge in [-0.25, -0.2) is 13.4 Å². The first kappa shape index (κ1) is 27.9. The number of nitrogens with zero attached hydrogens (tertiary/aromatic N) is 3. The van der Waals surface area contributed by atoms with Crippen molar-refractivity contribution in [1.29, 1.82) is 0 Å². The fourth-order valence-corrected chi connectivity index (χ4v) is 5.87. The van der Waals surface area contributed by atoms with Crippen LogP contribution in [0.5, 0.6) is 11.5 Å². The summed E-state index contributed by atoms with van der Waals surface area (Å²) in [5, 5.41) is 6.51. The van der Waals surface area contributed by atoms with E-state index in [2.05, 4.69) is 32.5 Å². The van der Waals surface area contributed by atoms with Crippen LogP contribution in [0.2, 0.25) is 5.02 Å². The van der Waals surface area contributed by atoms with Crippen LogP contribution in [0.4, 0.5) is 23.1 Å². The molecule has 1 saturated heterocycles. The number of para-hydroxylation sites is 1. The van der Waals surface area contributed by atoms with Crippen molar-refractivity contribution in [2.45, 2.75) is 44.1 Å². The molecule has 1 aliphatic rings. The molecule has 204 valence electrons. The number of nitrogens with one attached hydrogen (secondary N) is 2. The lowest BCUT2D eigenvalue weighted by molar-refractivity contribution is 0.114. The molecule has 1 aromatic heterocycles. The first-order valence-electron chi connectivity index (χ1n) is 12.8. The minimum atomic E-state index is -3.46. The first-order valence-corrected chi connectivity index (χ1v) is 14.8. The van der Waals surface area contributed by atoms with Gasteiger partial charge in [0, 0.05) is 19.2 Å². The zero-order valence-electron chi connectivity index (χ0n) is 21.9. The number of sulfone groups is 1. The first-order chi connectivity index (χ1) is 18.3. The molecule has 0 atom stereocenters. The van der Waals surface area contributed by atoms with Gasteiger partial charge in [-0.15, -0.1) is 0 Å². The van der Waals surface area contributed by atoms with Gasteiger partial charge in [0.25, 0.3) is 0 Å². The Kier molecular flexibility index (Phi) is 9.30. The number of aromatic nitrogens is 2. The molecule has 2 N–H and O–H groups in total. The Morgan fingerprint density at radius 2 is 1.84 bits per heavy atom. The minimum absolute atomic E-state index is 0.0493. The number of hydrogen-bond donors (Lipinski definition) is 2. The van der Waals surface area contributed by atoms with Gasteiger partial charge in [0.2, 0.25) is 5.95 Å². The fraction of sp³-hybridized carbons (Fsp3) is 0.407. The average Bonchev–Trinajstić information content (AvgIpc) is 2.89. The van der Waals surface area contributed by atoms with E-state index in [-0.39, 0.29) is 33.5 Å². The van der Waals surface area contributed by atoms with Gasteiger partial charge >= 0.3 is 0 Å². The zero-order valence-corrected chi connectivity index (χ0v) is 23.5. The molecule has 11 heteroatoms. The molecule has 1 fully saturated rings. The monoisotopic (exact) mass is 559 g/mol. The molecule has 4 rings (SSSR count). The summed E-state index contributed by atoms with van der Waals surface area (Å²) in [4.78, 5) is 11.3. The lowest BCUT2D eigenvalue weighted by Gasteiger charge is -2.29. The van der Waals surface area contributed by atoms with E-state index in [0.29, 0.717) is 30.2 Å². The van der Waals surface area contributed by atoms with Gasteiger partial charge in [0.15, 0.2) is 15.7 Å². The van der Waals surface area contributed by atoms with Crippen molar-refractivity contribution in [3.8, 4) is 11.5 Å². The van der Waals surface area contributed by atoms with E-state index in [1.165, 1.54) is 6.20 Å². The van der Waals surface area contributed by atoms with Crippen LogP contribution in [-0.2, 0) is 9.84 Å². The molecule has 9 nitrogen and oxygen atoms in total. The standard InChI is InChI=1S/C27H34ClN5O4S/c1-4-16-38(34,35)25-9-7-6-8-23(25)30-26-21(28)18-29-27(32-26)31-22-11-10-20(17-24(22)36-5-2)37-19-12-14-33(3)15-13-19/h6-11,17-19H,4-5,12-16H2,1-3H3,(H2,29,30,31,32).